The van der Waals surface area contributed by atoms with Gasteiger partial charge in [0, 0.05) is 21.1 Å². The molecule has 2 aromatic heterocycles. The van der Waals surface area contributed by atoms with E-state index in [2.05, 4.69) is 26.2 Å². The number of hydrogen-bond acceptors (Lipinski definition) is 4. The van der Waals surface area contributed by atoms with Crippen LogP contribution in [0.2, 0.25) is 0 Å². The molecular formula is C16H13BrN2O3S. The molecule has 3 rings (SSSR count). The van der Waals surface area contributed by atoms with Crippen LogP contribution in [0, 0.1) is 0 Å². The lowest BCUT2D eigenvalue weighted by molar-refractivity contribution is 0.0532. The number of aromatic amines is 1. The Morgan fingerprint density at radius 1 is 1.30 bits per heavy atom. The van der Waals surface area contributed by atoms with Crippen molar-refractivity contribution in [1.82, 2.24) is 4.98 Å². The summed E-state index contributed by atoms with van der Waals surface area (Å²) in [5.41, 5.74) is 1.14. The van der Waals surface area contributed by atoms with Gasteiger partial charge in [0.2, 0.25) is 0 Å². The lowest BCUT2D eigenvalue weighted by atomic mass is 10.2. The fourth-order valence-corrected chi connectivity index (χ4v) is 3.40. The maximum Gasteiger partial charge on any atom is 0.348 e. The Morgan fingerprint density at radius 2 is 2.13 bits per heavy atom. The second-order valence-corrected chi connectivity index (χ2v) is 6.77. The minimum atomic E-state index is -0.324. The van der Waals surface area contributed by atoms with Crippen LogP contribution in [0.4, 0.5) is 5.69 Å². The molecular weight excluding hydrogens is 380 g/mol. The monoisotopic (exact) mass is 392 g/mol. The normalized spacial score (nSPS) is 10.7. The highest BCUT2D eigenvalue weighted by Crippen LogP contribution is 2.29. The standard InChI is InChI=1S/C16H13BrN2O3S/c1-2-22-16(21)14-6-9-5-11(3-4-13(9)23-14)19-15(20)12-7-10(17)8-18-12/h3-8,18H,2H2,1H3,(H,19,20). The van der Waals surface area contributed by atoms with Crippen molar-refractivity contribution in [2.75, 3.05) is 11.9 Å². The smallest absolute Gasteiger partial charge is 0.348 e. The van der Waals surface area contributed by atoms with E-state index in [0.29, 0.717) is 22.9 Å². The lowest BCUT2D eigenvalue weighted by Gasteiger charge is -2.03. The van der Waals surface area contributed by atoms with E-state index in [4.69, 9.17) is 4.74 Å². The van der Waals surface area contributed by atoms with E-state index < -0.39 is 0 Å². The Balaban J connectivity index is 1.82. The Labute approximate surface area is 144 Å². The van der Waals surface area contributed by atoms with Crippen LogP contribution in [-0.4, -0.2) is 23.5 Å². The molecule has 1 aromatic carbocycles. The number of benzene rings is 1. The van der Waals surface area contributed by atoms with Crippen molar-refractivity contribution >= 4 is 54.9 Å². The molecule has 0 saturated carbocycles. The summed E-state index contributed by atoms with van der Waals surface area (Å²) < 4.78 is 6.79. The van der Waals surface area contributed by atoms with E-state index in [0.717, 1.165) is 14.6 Å². The maximum atomic E-state index is 12.1. The molecule has 0 atom stereocenters. The van der Waals surface area contributed by atoms with Crippen molar-refractivity contribution < 1.29 is 14.3 Å². The van der Waals surface area contributed by atoms with Crippen molar-refractivity contribution in [2.24, 2.45) is 0 Å². The molecule has 0 radical (unpaired) electrons. The molecule has 3 aromatic rings. The zero-order valence-electron chi connectivity index (χ0n) is 12.2. The molecule has 0 unspecified atom stereocenters. The highest BCUT2D eigenvalue weighted by molar-refractivity contribution is 9.10. The van der Waals surface area contributed by atoms with Gasteiger partial charge in [0.05, 0.1) is 6.61 Å². The Bertz CT molecular complexity index is 884. The van der Waals surface area contributed by atoms with E-state index >= 15 is 0 Å². The van der Waals surface area contributed by atoms with E-state index in [-0.39, 0.29) is 11.9 Å². The van der Waals surface area contributed by atoms with Gasteiger partial charge in [-0.25, -0.2) is 4.79 Å². The molecule has 0 aliphatic carbocycles. The number of carbonyl (C=O) groups is 2. The van der Waals surface area contributed by atoms with Gasteiger partial charge in [0.1, 0.15) is 10.6 Å². The largest absolute Gasteiger partial charge is 0.462 e. The van der Waals surface area contributed by atoms with Gasteiger partial charge in [-0.05, 0) is 58.6 Å². The highest BCUT2D eigenvalue weighted by atomic mass is 79.9. The van der Waals surface area contributed by atoms with Crippen molar-refractivity contribution in [2.45, 2.75) is 6.92 Å². The maximum absolute atomic E-state index is 12.1. The number of rotatable bonds is 4. The number of carbonyl (C=O) groups excluding carboxylic acids is 2. The van der Waals surface area contributed by atoms with Gasteiger partial charge in [-0.1, -0.05) is 0 Å². The number of ether oxygens (including phenoxy) is 1. The Kier molecular flexibility index (Phi) is 4.49. The average molecular weight is 393 g/mol. The number of fused-ring (bicyclic) bond motifs is 1. The van der Waals surface area contributed by atoms with Crippen LogP contribution in [0.25, 0.3) is 10.1 Å². The van der Waals surface area contributed by atoms with Crippen LogP contribution in [0.15, 0.2) is 41.0 Å². The molecule has 0 spiro atoms. The summed E-state index contributed by atoms with van der Waals surface area (Å²) in [7, 11) is 0. The first kappa shape index (κ1) is 15.8. The summed E-state index contributed by atoms with van der Waals surface area (Å²) in [6.07, 6.45) is 1.70. The van der Waals surface area contributed by atoms with Gasteiger partial charge in [-0.3, -0.25) is 4.79 Å². The molecule has 0 saturated heterocycles. The van der Waals surface area contributed by atoms with Gasteiger partial charge in [0.15, 0.2) is 0 Å². The third-order valence-corrected chi connectivity index (χ3v) is 4.70. The molecule has 23 heavy (non-hydrogen) atoms. The van der Waals surface area contributed by atoms with Gasteiger partial charge in [-0.2, -0.15) is 0 Å². The number of anilines is 1. The van der Waals surface area contributed by atoms with Crippen LogP contribution < -0.4 is 5.32 Å². The summed E-state index contributed by atoms with van der Waals surface area (Å²) in [6.45, 7) is 2.12. The number of H-pyrrole nitrogens is 1. The summed E-state index contributed by atoms with van der Waals surface area (Å²) in [5, 5.41) is 3.72. The number of halogens is 1. The first-order chi connectivity index (χ1) is 11.1. The van der Waals surface area contributed by atoms with Gasteiger partial charge >= 0.3 is 5.97 Å². The summed E-state index contributed by atoms with van der Waals surface area (Å²) in [6, 6.07) is 9.01. The summed E-state index contributed by atoms with van der Waals surface area (Å²) >= 11 is 4.67. The lowest BCUT2D eigenvalue weighted by Crippen LogP contribution is -2.11. The third kappa shape index (κ3) is 3.46. The Hall–Kier alpha value is -2.12. The number of esters is 1. The summed E-state index contributed by atoms with van der Waals surface area (Å²) in [4.78, 5) is 27.3. The molecule has 0 aliphatic rings. The van der Waals surface area contributed by atoms with Crippen molar-refractivity contribution in [1.29, 1.82) is 0 Å². The van der Waals surface area contributed by atoms with Crippen LogP contribution in [-0.2, 0) is 4.74 Å². The molecule has 0 bridgehead atoms. The molecule has 5 nitrogen and oxygen atoms in total. The fraction of sp³-hybridized carbons (Fsp3) is 0.125. The van der Waals surface area contributed by atoms with Crippen molar-refractivity contribution in [3.63, 3.8) is 0 Å². The number of aromatic nitrogens is 1. The quantitative estimate of drug-likeness (QED) is 0.645. The van der Waals surface area contributed by atoms with Gasteiger partial charge in [-0.15, -0.1) is 11.3 Å². The molecule has 2 N–H and O–H groups in total. The molecule has 2 heterocycles. The van der Waals surface area contributed by atoms with Crippen LogP contribution in [0.5, 0.6) is 0 Å². The predicted octanol–water partition coefficient (Wildman–Crippen LogP) is 4.42. The third-order valence-electron chi connectivity index (χ3n) is 3.14. The van der Waals surface area contributed by atoms with Crippen molar-refractivity contribution in [3.05, 3.63) is 51.6 Å². The fourth-order valence-electron chi connectivity index (χ4n) is 2.12. The number of nitrogens with one attached hydrogen (secondary N) is 2. The predicted molar refractivity (Wildman–Crippen MR) is 94.2 cm³/mol. The average Bonchev–Trinajstić information content (AvgIpc) is 3.13. The second-order valence-electron chi connectivity index (χ2n) is 4.77. The zero-order valence-corrected chi connectivity index (χ0v) is 14.6. The van der Waals surface area contributed by atoms with E-state index in [1.807, 2.05) is 18.2 Å². The minimum Gasteiger partial charge on any atom is -0.462 e. The van der Waals surface area contributed by atoms with Crippen LogP contribution in [0.1, 0.15) is 27.1 Å². The Morgan fingerprint density at radius 3 is 2.83 bits per heavy atom. The number of amides is 1. The zero-order chi connectivity index (χ0) is 16.4. The first-order valence-electron chi connectivity index (χ1n) is 6.93. The molecule has 118 valence electrons. The minimum absolute atomic E-state index is 0.226. The summed E-state index contributed by atoms with van der Waals surface area (Å²) in [5.74, 6) is -0.550. The first-order valence-corrected chi connectivity index (χ1v) is 8.53. The van der Waals surface area contributed by atoms with E-state index in [1.54, 1.807) is 25.3 Å². The van der Waals surface area contributed by atoms with Gasteiger partial charge < -0.3 is 15.0 Å². The highest BCUT2D eigenvalue weighted by Gasteiger charge is 2.13. The SMILES string of the molecule is CCOC(=O)c1cc2cc(NC(=O)c3cc(Br)c[nH]3)ccc2s1. The molecule has 1 amide bonds. The molecule has 0 fully saturated rings. The van der Waals surface area contributed by atoms with Crippen molar-refractivity contribution in [3.8, 4) is 0 Å². The number of hydrogen-bond donors (Lipinski definition) is 2. The molecule has 0 aliphatic heterocycles. The van der Waals surface area contributed by atoms with E-state index in [9.17, 15) is 9.59 Å². The van der Waals surface area contributed by atoms with Gasteiger partial charge in [0.25, 0.3) is 5.91 Å². The van der Waals surface area contributed by atoms with Crippen LogP contribution >= 0.6 is 27.3 Å². The van der Waals surface area contributed by atoms with E-state index in [1.165, 1.54) is 11.3 Å². The second kappa shape index (κ2) is 6.55. The topological polar surface area (TPSA) is 71.2 Å². The number of thiophene rings is 1. The van der Waals surface area contributed by atoms with Crippen LogP contribution in [0.3, 0.4) is 0 Å². The molecule has 7 heteroatoms.